The Balaban J connectivity index is 2.92. The smallest absolute Gasteiger partial charge is 0.410 e. The molecule has 0 aromatic rings. The van der Waals surface area contributed by atoms with Gasteiger partial charge in [-0.25, -0.2) is 13.8 Å². The summed E-state index contributed by atoms with van der Waals surface area (Å²) in [6.07, 6.45) is 0.227. The van der Waals surface area contributed by atoms with Gasteiger partial charge in [-0.15, -0.1) is 0 Å². The maximum atomic E-state index is 12.0. The zero-order valence-corrected chi connectivity index (χ0v) is 13.7. The first-order valence-corrected chi connectivity index (χ1v) is 8.17. The Bertz CT molecular complexity index is 522. The highest BCUT2D eigenvalue weighted by Crippen LogP contribution is 2.29. The van der Waals surface area contributed by atoms with E-state index in [4.69, 9.17) is 8.92 Å². The molecular weight excluding hydrogens is 302 g/mol. The van der Waals surface area contributed by atoms with Gasteiger partial charge in [0.2, 0.25) is 5.60 Å². The third kappa shape index (κ3) is 4.85. The minimum absolute atomic E-state index is 0.0198. The predicted molar refractivity (Wildman–Crippen MR) is 73.1 cm³/mol. The molecular formula is C12H21NO7S. The molecule has 1 fully saturated rings. The van der Waals surface area contributed by atoms with E-state index >= 15 is 0 Å². The molecule has 0 aromatic heterocycles. The number of nitrogens with zero attached hydrogens (tertiary/aromatic N) is 1. The van der Waals surface area contributed by atoms with E-state index in [9.17, 15) is 18.0 Å². The second kappa shape index (κ2) is 5.80. The molecule has 0 bridgehead atoms. The Morgan fingerprint density at radius 3 is 2.24 bits per heavy atom. The van der Waals surface area contributed by atoms with Gasteiger partial charge in [0, 0.05) is 13.0 Å². The van der Waals surface area contributed by atoms with Crippen LogP contribution in [0.25, 0.3) is 0 Å². The predicted octanol–water partition coefficient (Wildman–Crippen LogP) is 0.515. The van der Waals surface area contributed by atoms with E-state index in [0.717, 1.165) is 13.4 Å². The molecule has 0 saturated carbocycles. The van der Waals surface area contributed by atoms with Crippen LogP contribution in [0, 0.1) is 0 Å². The first-order valence-electron chi connectivity index (χ1n) is 6.35. The lowest BCUT2D eigenvalue weighted by molar-refractivity contribution is -0.157. The van der Waals surface area contributed by atoms with E-state index in [1.807, 2.05) is 0 Å². The second-order valence-electron chi connectivity index (χ2n) is 5.93. The molecule has 122 valence electrons. The average Bonchev–Trinajstić information content (AvgIpc) is 2.68. The minimum Gasteiger partial charge on any atom is -0.467 e. The normalized spacial score (nSPS) is 23.0. The lowest BCUT2D eigenvalue weighted by Gasteiger charge is -2.27. The standard InChI is InChI=1S/C12H21NO7S/c1-11(2,3)19-10(15)13-7-6-12(8-13,9(14)18-4)20-21(5,16)17/h6-8H2,1-5H3. The number of carbonyl (C=O) groups excluding carboxylic acids is 2. The van der Waals surface area contributed by atoms with Crippen LogP contribution in [-0.4, -0.2) is 63.0 Å². The maximum Gasteiger partial charge on any atom is 0.410 e. The topological polar surface area (TPSA) is 99.2 Å². The zero-order valence-electron chi connectivity index (χ0n) is 12.8. The Morgan fingerprint density at radius 2 is 1.81 bits per heavy atom. The number of amides is 1. The van der Waals surface area contributed by atoms with Crippen LogP contribution in [0.4, 0.5) is 4.79 Å². The molecule has 1 unspecified atom stereocenters. The Labute approximate surface area is 124 Å². The highest BCUT2D eigenvalue weighted by molar-refractivity contribution is 7.86. The fraction of sp³-hybridized carbons (Fsp3) is 0.833. The van der Waals surface area contributed by atoms with Crippen molar-refractivity contribution >= 4 is 22.2 Å². The second-order valence-corrected chi connectivity index (χ2v) is 7.50. The third-order valence-electron chi connectivity index (χ3n) is 2.75. The Hall–Kier alpha value is -1.35. The summed E-state index contributed by atoms with van der Waals surface area (Å²) in [5, 5.41) is 0. The van der Waals surface area contributed by atoms with Crippen LogP contribution in [0.1, 0.15) is 27.2 Å². The summed E-state index contributed by atoms with van der Waals surface area (Å²) >= 11 is 0. The third-order valence-corrected chi connectivity index (χ3v) is 3.37. The first kappa shape index (κ1) is 17.7. The van der Waals surface area contributed by atoms with Gasteiger partial charge in [-0.2, -0.15) is 8.42 Å². The average molecular weight is 323 g/mol. The maximum absolute atomic E-state index is 12.0. The number of esters is 1. The van der Waals surface area contributed by atoms with E-state index in [-0.39, 0.29) is 19.5 Å². The van der Waals surface area contributed by atoms with Gasteiger partial charge < -0.3 is 14.4 Å². The minimum atomic E-state index is -3.88. The Kier molecular flexibility index (Phi) is 4.89. The number of likely N-dealkylation sites (tertiary alicyclic amines) is 1. The molecule has 21 heavy (non-hydrogen) atoms. The van der Waals surface area contributed by atoms with Crippen LogP contribution < -0.4 is 0 Å². The van der Waals surface area contributed by atoms with E-state index < -0.39 is 33.4 Å². The van der Waals surface area contributed by atoms with Gasteiger partial charge >= 0.3 is 12.1 Å². The van der Waals surface area contributed by atoms with E-state index in [1.54, 1.807) is 20.8 Å². The summed E-state index contributed by atoms with van der Waals surface area (Å²) < 4.78 is 37.4. The van der Waals surface area contributed by atoms with Crippen LogP contribution in [-0.2, 0) is 28.6 Å². The summed E-state index contributed by atoms with van der Waals surface area (Å²) in [5.74, 6) is -0.834. The summed E-state index contributed by atoms with van der Waals surface area (Å²) in [7, 11) is -2.75. The zero-order chi connectivity index (χ0) is 16.5. The van der Waals surface area contributed by atoms with Crippen molar-refractivity contribution in [2.24, 2.45) is 0 Å². The number of rotatable bonds is 3. The van der Waals surface area contributed by atoms with Gasteiger partial charge in [0.25, 0.3) is 10.1 Å². The lowest BCUT2D eigenvalue weighted by Crippen LogP contribution is -2.47. The van der Waals surface area contributed by atoms with Crippen LogP contribution in [0.2, 0.25) is 0 Å². The molecule has 1 atom stereocenters. The molecule has 0 aliphatic carbocycles. The fourth-order valence-electron chi connectivity index (χ4n) is 2.01. The molecule has 1 aliphatic heterocycles. The molecule has 1 rings (SSSR count). The van der Waals surface area contributed by atoms with Gasteiger partial charge in [-0.3, -0.25) is 0 Å². The number of hydrogen-bond donors (Lipinski definition) is 0. The molecule has 0 radical (unpaired) electrons. The largest absolute Gasteiger partial charge is 0.467 e. The molecule has 0 N–H and O–H groups in total. The molecule has 1 heterocycles. The van der Waals surface area contributed by atoms with Crippen LogP contribution >= 0.6 is 0 Å². The van der Waals surface area contributed by atoms with Crippen LogP contribution in [0.15, 0.2) is 0 Å². The number of ether oxygens (including phenoxy) is 2. The van der Waals surface area contributed by atoms with Crippen molar-refractivity contribution in [2.75, 3.05) is 26.5 Å². The monoisotopic (exact) mass is 323 g/mol. The van der Waals surface area contributed by atoms with Crippen LogP contribution in [0.3, 0.4) is 0 Å². The van der Waals surface area contributed by atoms with Crippen molar-refractivity contribution in [3.63, 3.8) is 0 Å². The van der Waals surface area contributed by atoms with E-state index in [2.05, 4.69) is 4.74 Å². The van der Waals surface area contributed by atoms with Crippen LogP contribution in [0.5, 0.6) is 0 Å². The number of methoxy groups -OCH3 is 1. The Morgan fingerprint density at radius 1 is 1.24 bits per heavy atom. The molecule has 0 aromatic carbocycles. The van der Waals surface area contributed by atoms with Crippen molar-refractivity contribution in [3.8, 4) is 0 Å². The van der Waals surface area contributed by atoms with Gasteiger partial charge in [-0.1, -0.05) is 0 Å². The van der Waals surface area contributed by atoms with Crippen molar-refractivity contribution < 1.29 is 31.7 Å². The van der Waals surface area contributed by atoms with Gasteiger partial charge in [0.15, 0.2) is 0 Å². The van der Waals surface area contributed by atoms with Gasteiger partial charge in [-0.05, 0) is 20.8 Å². The SMILES string of the molecule is COC(=O)C1(OS(C)(=O)=O)CCN(C(=O)OC(C)(C)C)C1. The molecule has 1 amide bonds. The van der Waals surface area contributed by atoms with Crippen molar-refractivity contribution in [1.29, 1.82) is 0 Å². The molecule has 0 spiro atoms. The lowest BCUT2D eigenvalue weighted by atomic mass is 10.0. The highest BCUT2D eigenvalue weighted by Gasteiger charge is 2.51. The summed E-state index contributed by atoms with van der Waals surface area (Å²) in [6.45, 7) is 5.03. The highest BCUT2D eigenvalue weighted by atomic mass is 32.2. The molecule has 8 nitrogen and oxygen atoms in total. The summed E-state index contributed by atoms with van der Waals surface area (Å²) in [4.78, 5) is 25.1. The quantitative estimate of drug-likeness (QED) is 0.551. The summed E-state index contributed by atoms with van der Waals surface area (Å²) in [5.41, 5.74) is -2.40. The van der Waals surface area contributed by atoms with E-state index in [0.29, 0.717) is 0 Å². The molecule has 1 saturated heterocycles. The van der Waals surface area contributed by atoms with Crippen molar-refractivity contribution in [1.82, 2.24) is 4.90 Å². The van der Waals surface area contributed by atoms with Gasteiger partial charge in [0.05, 0.1) is 19.9 Å². The van der Waals surface area contributed by atoms with Crippen molar-refractivity contribution in [3.05, 3.63) is 0 Å². The first-order chi connectivity index (χ1) is 9.38. The van der Waals surface area contributed by atoms with E-state index in [1.165, 1.54) is 4.90 Å². The molecule has 1 aliphatic rings. The summed E-state index contributed by atoms with van der Waals surface area (Å²) in [6, 6.07) is 0. The van der Waals surface area contributed by atoms with Gasteiger partial charge in [0.1, 0.15) is 5.60 Å². The number of hydrogen-bond acceptors (Lipinski definition) is 7. The molecule has 9 heteroatoms. The number of carbonyl (C=O) groups is 2. The fourth-order valence-corrected chi connectivity index (χ4v) is 2.79. The van der Waals surface area contributed by atoms with Crippen molar-refractivity contribution in [2.45, 2.75) is 38.4 Å².